The van der Waals surface area contributed by atoms with Crippen molar-refractivity contribution in [3.05, 3.63) is 18.2 Å². The fraction of sp³-hybridized carbons (Fsp3) is 0. The third-order valence-electron chi connectivity index (χ3n) is 1.66. The lowest BCUT2D eigenvalue weighted by molar-refractivity contribution is 0.268. The second-order valence-electron chi connectivity index (χ2n) is 3.00. The van der Waals surface area contributed by atoms with Crippen LogP contribution in [0, 0.1) is 0 Å². The zero-order valence-electron chi connectivity index (χ0n) is 8.59. The largest absolute Gasteiger partial charge is 0.318 e. The van der Waals surface area contributed by atoms with E-state index < -0.39 is 16.1 Å². The highest BCUT2D eigenvalue weighted by Crippen LogP contribution is 2.24. The number of nitrogens with one attached hydrogen (secondary N) is 3. The van der Waals surface area contributed by atoms with Crippen molar-refractivity contribution in [2.45, 2.75) is 0 Å². The van der Waals surface area contributed by atoms with Crippen molar-refractivity contribution in [3.8, 4) is 0 Å². The molecule has 0 bridgehead atoms. The molecule has 0 saturated heterocycles. The van der Waals surface area contributed by atoms with Crippen LogP contribution >= 0.6 is 34.8 Å². The van der Waals surface area contributed by atoms with Crippen LogP contribution in [-0.2, 0) is 0 Å². The Morgan fingerprint density at radius 3 is 1.06 bits per heavy atom. The SMILES string of the molecule is O=C(Cl)Nc1cc(NC(=O)Cl)cc(NC(=O)Cl)c1. The summed E-state index contributed by atoms with van der Waals surface area (Å²) < 4.78 is 0. The maximum Gasteiger partial charge on any atom is 0.318 e. The maximum absolute atomic E-state index is 10.7. The van der Waals surface area contributed by atoms with Crippen LogP contribution in [0.2, 0.25) is 0 Å². The van der Waals surface area contributed by atoms with Crippen LogP contribution in [0.3, 0.4) is 0 Å². The molecular weight excluding hydrogens is 304 g/mol. The number of halogens is 3. The van der Waals surface area contributed by atoms with Crippen molar-refractivity contribution in [2.75, 3.05) is 16.0 Å². The summed E-state index contributed by atoms with van der Waals surface area (Å²) in [5.74, 6) is 0. The second kappa shape index (κ2) is 6.44. The topological polar surface area (TPSA) is 87.3 Å². The van der Waals surface area contributed by atoms with Crippen LogP contribution in [0.5, 0.6) is 0 Å². The second-order valence-corrected chi connectivity index (χ2v) is 4.03. The fourth-order valence-electron chi connectivity index (χ4n) is 1.18. The summed E-state index contributed by atoms with van der Waals surface area (Å²) in [4.78, 5) is 32.1. The van der Waals surface area contributed by atoms with E-state index in [0.717, 1.165) is 0 Å². The minimum atomic E-state index is -0.826. The summed E-state index contributed by atoms with van der Waals surface area (Å²) in [7, 11) is 0. The van der Waals surface area contributed by atoms with Crippen LogP contribution in [0.25, 0.3) is 0 Å². The maximum atomic E-state index is 10.7. The Labute approximate surface area is 117 Å². The van der Waals surface area contributed by atoms with E-state index in [1.54, 1.807) is 0 Å². The minimum absolute atomic E-state index is 0.248. The lowest BCUT2D eigenvalue weighted by Crippen LogP contribution is -2.07. The van der Waals surface area contributed by atoms with Crippen molar-refractivity contribution < 1.29 is 14.4 Å². The summed E-state index contributed by atoms with van der Waals surface area (Å²) >= 11 is 15.5. The first kappa shape index (κ1) is 14.6. The molecule has 6 nitrogen and oxygen atoms in total. The third kappa shape index (κ3) is 5.22. The van der Waals surface area contributed by atoms with Gasteiger partial charge in [-0.05, 0) is 53.0 Å². The van der Waals surface area contributed by atoms with E-state index in [4.69, 9.17) is 34.8 Å². The number of carbonyl (C=O) groups is 3. The standard InChI is InChI=1S/C9H6Cl3N3O3/c10-7(16)13-4-1-5(14-8(11)17)3-6(2-4)15-9(12)18/h1-3H,(H,13,16)(H,14,17)(H,15,18). The van der Waals surface area contributed by atoms with Crippen molar-refractivity contribution in [2.24, 2.45) is 0 Å². The van der Waals surface area contributed by atoms with Gasteiger partial charge >= 0.3 is 16.1 Å². The summed E-state index contributed by atoms with van der Waals surface area (Å²) in [6.45, 7) is 0. The van der Waals surface area contributed by atoms with Gasteiger partial charge in [-0.25, -0.2) is 0 Å². The molecule has 1 rings (SSSR count). The van der Waals surface area contributed by atoms with E-state index in [9.17, 15) is 14.4 Å². The number of hydrogen-bond acceptors (Lipinski definition) is 3. The van der Waals surface area contributed by atoms with Crippen LogP contribution in [0.4, 0.5) is 31.4 Å². The summed E-state index contributed by atoms with van der Waals surface area (Å²) in [6.07, 6.45) is 0. The number of amides is 3. The normalized spacial score (nSPS) is 9.50. The van der Waals surface area contributed by atoms with Crippen molar-refractivity contribution in [3.63, 3.8) is 0 Å². The highest BCUT2D eigenvalue weighted by molar-refractivity contribution is 6.66. The molecule has 0 aliphatic carbocycles. The lowest BCUT2D eigenvalue weighted by atomic mass is 10.2. The Kier molecular flexibility index (Phi) is 5.21. The molecule has 1 aromatic rings. The molecule has 18 heavy (non-hydrogen) atoms. The molecule has 0 aliphatic heterocycles. The van der Waals surface area contributed by atoms with Crippen molar-refractivity contribution >= 4 is 68.0 Å². The van der Waals surface area contributed by atoms with E-state index in [0.29, 0.717) is 0 Å². The van der Waals surface area contributed by atoms with Gasteiger partial charge in [-0.3, -0.25) is 14.4 Å². The molecule has 0 saturated carbocycles. The highest BCUT2D eigenvalue weighted by atomic mass is 35.5. The minimum Gasteiger partial charge on any atom is -0.312 e. The van der Waals surface area contributed by atoms with Gasteiger partial charge in [0.15, 0.2) is 0 Å². The fourth-order valence-corrected chi connectivity index (χ4v) is 1.51. The molecule has 0 fully saturated rings. The first-order valence-electron chi connectivity index (χ1n) is 4.41. The average molecular weight is 311 g/mol. The van der Waals surface area contributed by atoms with Crippen LogP contribution < -0.4 is 16.0 Å². The number of hydrogen-bond donors (Lipinski definition) is 3. The van der Waals surface area contributed by atoms with Crippen LogP contribution in [-0.4, -0.2) is 16.1 Å². The molecule has 0 spiro atoms. The molecule has 0 unspecified atom stereocenters. The first-order chi connectivity index (χ1) is 8.36. The summed E-state index contributed by atoms with van der Waals surface area (Å²) in [6, 6.07) is 4.18. The van der Waals surface area contributed by atoms with Gasteiger partial charge in [0.05, 0.1) is 0 Å². The number of benzene rings is 1. The Morgan fingerprint density at radius 1 is 0.667 bits per heavy atom. The molecule has 0 heterocycles. The monoisotopic (exact) mass is 309 g/mol. The van der Waals surface area contributed by atoms with Gasteiger partial charge in [0.2, 0.25) is 0 Å². The quantitative estimate of drug-likeness (QED) is 0.582. The molecule has 3 N–H and O–H groups in total. The zero-order valence-corrected chi connectivity index (χ0v) is 10.9. The Bertz CT molecular complexity index is 423. The third-order valence-corrected chi connectivity index (χ3v) is 1.94. The van der Waals surface area contributed by atoms with Crippen molar-refractivity contribution in [1.82, 2.24) is 0 Å². The Morgan fingerprint density at radius 2 is 0.889 bits per heavy atom. The van der Waals surface area contributed by atoms with E-state index in [1.165, 1.54) is 18.2 Å². The van der Waals surface area contributed by atoms with Gasteiger partial charge in [0.25, 0.3) is 0 Å². The van der Waals surface area contributed by atoms with E-state index in [-0.39, 0.29) is 17.1 Å². The van der Waals surface area contributed by atoms with E-state index in [2.05, 4.69) is 16.0 Å². The summed E-state index contributed by atoms with van der Waals surface area (Å²) in [5, 5.41) is 4.33. The Balaban J connectivity index is 3.06. The highest BCUT2D eigenvalue weighted by Gasteiger charge is 2.06. The molecule has 9 heteroatoms. The number of rotatable bonds is 3. The van der Waals surface area contributed by atoms with Gasteiger partial charge in [-0.1, -0.05) is 0 Å². The van der Waals surface area contributed by atoms with Crippen LogP contribution in [0.15, 0.2) is 18.2 Å². The van der Waals surface area contributed by atoms with Gasteiger partial charge < -0.3 is 16.0 Å². The van der Waals surface area contributed by atoms with Gasteiger partial charge in [-0.15, -0.1) is 0 Å². The predicted molar refractivity (Wildman–Crippen MR) is 71.1 cm³/mol. The average Bonchev–Trinajstić information content (AvgIpc) is 2.12. The number of carbonyl (C=O) groups excluding carboxylic acids is 3. The smallest absolute Gasteiger partial charge is 0.312 e. The molecule has 0 atom stereocenters. The molecule has 96 valence electrons. The van der Waals surface area contributed by atoms with Crippen molar-refractivity contribution in [1.29, 1.82) is 0 Å². The van der Waals surface area contributed by atoms with Gasteiger partial charge in [0.1, 0.15) is 0 Å². The molecule has 1 aromatic carbocycles. The predicted octanol–water partition coefficient (Wildman–Crippen LogP) is 4.00. The molecule has 0 radical (unpaired) electrons. The lowest BCUT2D eigenvalue weighted by Gasteiger charge is -2.09. The molecule has 0 aromatic heterocycles. The van der Waals surface area contributed by atoms with Crippen LogP contribution in [0.1, 0.15) is 0 Å². The summed E-state index contributed by atoms with van der Waals surface area (Å²) in [5.41, 5.74) is 0.745. The van der Waals surface area contributed by atoms with E-state index in [1.807, 2.05) is 0 Å². The van der Waals surface area contributed by atoms with Gasteiger partial charge in [-0.2, -0.15) is 0 Å². The molecule has 0 aliphatic rings. The zero-order chi connectivity index (χ0) is 13.7. The van der Waals surface area contributed by atoms with E-state index >= 15 is 0 Å². The number of anilines is 3. The Hall–Kier alpha value is -1.50. The molecular formula is C9H6Cl3N3O3. The first-order valence-corrected chi connectivity index (χ1v) is 5.55. The molecule has 3 amide bonds. The van der Waals surface area contributed by atoms with Gasteiger partial charge in [0, 0.05) is 17.1 Å².